The first-order valence-corrected chi connectivity index (χ1v) is 9.26. The molecule has 3 rings (SSSR count). The molecule has 0 spiro atoms. The fraction of sp³-hybridized carbons (Fsp3) is 0.316. The maximum absolute atomic E-state index is 12.3. The Morgan fingerprint density at radius 1 is 1.04 bits per heavy atom. The smallest absolute Gasteiger partial charge is 0.252 e. The Hall–Kier alpha value is -1.60. The maximum atomic E-state index is 12.3. The van der Waals surface area contributed by atoms with Crippen LogP contribution in [0.5, 0.6) is 0 Å². The quantitative estimate of drug-likeness (QED) is 0.751. The van der Waals surface area contributed by atoms with Crippen molar-refractivity contribution in [3.8, 4) is 0 Å². The molecule has 4 nitrogen and oxygen atoms in total. The van der Waals surface area contributed by atoms with Crippen LogP contribution in [0.25, 0.3) is 0 Å². The van der Waals surface area contributed by atoms with Gasteiger partial charge in [0.2, 0.25) is 0 Å². The van der Waals surface area contributed by atoms with Crippen molar-refractivity contribution >= 4 is 34.2 Å². The van der Waals surface area contributed by atoms with Gasteiger partial charge in [0.25, 0.3) is 5.91 Å². The Morgan fingerprint density at radius 3 is 2.38 bits per heavy atom. The van der Waals surface area contributed by atoms with Gasteiger partial charge in [-0.15, -0.1) is 0 Å². The maximum Gasteiger partial charge on any atom is 0.252 e. The van der Waals surface area contributed by atoms with E-state index >= 15 is 0 Å². The van der Waals surface area contributed by atoms with E-state index in [1.54, 1.807) is 0 Å². The molecule has 0 radical (unpaired) electrons. The molecule has 1 amide bonds. The first-order chi connectivity index (χ1) is 11.6. The Kier molecular flexibility index (Phi) is 5.73. The molecule has 0 aromatic heterocycles. The van der Waals surface area contributed by atoms with Crippen LogP contribution in [0.2, 0.25) is 0 Å². The summed E-state index contributed by atoms with van der Waals surface area (Å²) in [6.45, 7) is 4.89. The monoisotopic (exact) mass is 435 g/mol. The highest BCUT2D eigenvalue weighted by Crippen LogP contribution is 2.17. The van der Waals surface area contributed by atoms with Crippen LogP contribution >= 0.6 is 22.6 Å². The predicted molar refractivity (Wildman–Crippen MR) is 106 cm³/mol. The topological polar surface area (TPSA) is 35.6 Å². The zero-order valence-corrected chi connectivity index (χ0v) is 16.0. The number of carbonyl (C=O) groups is 1. The average molecular weight is 435 g/mol. The van der Waals surface area contributed by atoms with Gasteiger partial charge in [0.1, 0.15) is 0 Å². The van der Waals surface area contributed by atoms with Gasteiger partial charge < -0.3 is 15.1 Å². The Morgan fingerprint density at radius 2 is 1.71 bits per heavy atom. The zero-order valence-electron chi connectivity index (χ0n) is 13.8. The summed E-state index contributed by atoms with van der Waals surface area (Å²) in [6.07, 6.45) is 0. The van der Waals surface area contributed by atoms with Crippen LogP contribution in [-0.2, 0) is 6.54 Å². The lowest BCUT2D eigenvalue weighted by molar-refractivity contribution is 0.0950. The molecule has 0 unspecified atom stereocenters. The normalized spacial score (nSPS) is 15.3. The molecule has 1 aliphatic heterocycles. The second kappa shape index (κ2) is 7.98. The molecule has 1 N–H and O–H groups in total. The molecule has 126 valence electrons. The first kappa shape index (κ1) is 17.2. The number of benzene rings is 2. The van der Waals surface area contributed by atoms with E-state index in [1.807, 2.05) is 24.3 Å². The van der Waals surface area contributed by atoms with Gasteiger partial charge in [0.15, 0.2) is 0 Å². The first-order valence-electron chi connectivity index (χ1n) is 8.18. The SMILES string of the molecule is CN1CCN(c2ccc(CNC(=O)c3ccccc3I)cc2)CC1. The van der Waals surface area contributed by atoms with E-state index in [0.717, 1.165) is 40.9 Å². The van der Waals surface area contributed by atoms with Crippen molar-refractivity contribution < 1.29 is 4.79 Å². The van der Waals surface area contributed by atoms with Crippen molar-refractivity contribution in [3.05, 3.63) is 63.2 Å². The van der Waals surface area contributed by atoms with Gasteiger partial charge in [0, 0.05) is 42.0 Å². The number of likely N-dealkylation sites (N-methyl/N-ethyl adjacent to an activating group) is 1. The predicted octanol–water partition coefficient (Wildman–Crippen LogP) is 2.97. The number of nitrogens with one attached hydrogen (secondary N) is 1. The lowest BCUT2D eigenvalue weighted by Gasteiger charge is -2.34. The number of halogens is 1. The fourth-order valence-corrected chi connectivity index (χ4v) is 3.44. The molecular formula is C19H22IN3O. The van der Waals surface area contributed by atoms with Gasteiger partial charge in [-0.05, 0) is 59.5 Å². The number of carbonyl (C=O) groups excluding carboxylic acids is 1. The largest absolute Gasteiger partial charge is 0.369 e. The van der Waals surface area contributed by atoms with E-state index in [4.69, 9.17) is 0 Å². The minimum atomic E-state index is -0.0249. The van der Waals surface area contributed by atoms with E-state index in [9.17, 15) is 4.79 Å². The van der Waals surface area contributed by atoms with Crippen LogP contribution in [0.3, 0.4) is 0 Å². The molecule has 5 heteroatoms. The van der Waals surface area contributed by atoms with Gasteiger partial charge in [-0.2, -0.15) is 0 Å². The molecule has 1 heterocycles. The molecule has 24 heavy (non-hydrogen) atoms. The van der Waals surface area contributed by atoms with Crippen LogP contribution in [0, 0.1) is 3.57 Å². The highest BCUT2D eigenvalue weighted by atomic mass is 127. The Balaban J connectivity index is 1.57. The van der Waals surface area contributed by atoms with Gasteiger partial charge in [-0.3, -0.25) is 4.79 Å². The van der Waals surface area contributed by atoms with E-state index in [1.165, 1.54) is 5.69 Å². The number of hydrogen-bond donors (Lipinski definition) is 1. The summed E-state index contributed by atoms with van der Waals surface area (Å²) in [5.74, 6) is -0.0249. The third-order valence-corrected chi connectivity index (χ3v) is 5.32. The lowest BCUT2D eigenvalue weighted by atomic mass is 10.1. The van der Waals surface area contributed by atoms with Crippen molar-refractivity contribution in [1.29, 1.82) is 0 Å². The molecule has 1 fully saturated rings. The number of anilines is 1. The minimum absolute atomic E-state index is 0.0249. The van der Waals surface area contributed by atoms with Gasteiger partial charge in [0.05, 0.1) is 5.56 Å². The molecule has 1 saturated heterocycles. The van der Waals surface area contributed by atoms with Crippen LogP contribution < -0.4 is 10.2 Å². The van der Waals surface area contributed by atoms with E-state index in [-0.39, 0.29) is 5.91 Å². The molecular weight excluding hydrogens is 413 g/mol. The van der Waals surface area contributed by atoms with Crippen molar-refractivity contribution in [3.63, 3.8) is 0 Å². The zero-order chi connectivity index (χ0) is 16.9. The van der Waals surface area contributed by atoms with Crippen molar-refractivity contribution in [2.75, 3.05) is 38.1 Å². The number of piperazine rings is 1. The number of nitrogens with zero attached hydrogens (tertiary/aromatic N) is 2. The van der Waals surface area contributed by atoms with Crippen molar-refractivity contribution in [1.82, 2.24) is 10.2 Å². The average Bonchev–Trinajstić information content (AvgIpc) is 2.61. The highest BCUT2D eigenvalue weighted by molar-refractivity contribution is 14.1. The number of rotatable bonds is 4. The summed E-state index contributed by atoms with van der Waals surface area (Å²) in [7, 11) is 2.16. The molecule has 1 aliphatic rings. The standard InChI is InChI=1S/C19H22IN3O/c1-22-10-12-23(13-11-22)16-8-6-15(7-9-16)14-21-19(24)17-4-2-3-5-18(17)20/h2-9H,10-14H2,1H3,(H,21,24). The van der Waals surface area contributed by atoms with Crippen LogP contribution in [0.15, 0.2) is 48.5 Å². The Bertz CT molecular complexity index is 694. The highest BCUT2D eigenvalue weighted by Gasteiger charge is 2.14. The third-order valence-electron chi connectivity index (χ3n) is 4.38. The lowest BCUT2D eigenvalue weighted by Crippen LogP contribution is -2.44. The van der Waals surface area contributed by atoms with E-state index in [0.29, 0.717) is 6.54 Å². The van der Waals surface area contributed by atoms with E-state index in [2.05, 4.69) is 69.0 Å². The molecule has 0 atom stereocenters. The van der Waals surface area contributed by atoms with Crippen LogP contribution in [0.1, 0.15) is 15.9 Å². The van der Waals surface area contributed by atoms with Crippen LogP contribution in [0.4, 0.5) is 5.69 Å². The Labute approximate surface area is 157 Å². The molecule has 2 aromatic carbocycles. The summed E-state index contributed by atoms with van der Waals surface area (Å²) in [4.78, 5) is 17.0. The molecule has 0 saturated carbocycles. The third kappa shape index (κ3) is 4.27. The van der Waals surface area contributed by atoms with Gasteiger partial charge in [-0.1, -0.05) is 24.3 Å². The van der Waals surface area contributed by atoms with Gasteiger partial charge in [-0.25, -0.2) is 0 Å². The minimum Gasteiger partial charge on any atom is -0.369 e. The fourth-order valence-electron chi connectivity index (χ4n) is 2.81. The molecule has 2 aromatic rings. The van der Waals surface area contributed by atoms with Crippen molar-refractivity contribution in [2.45, 2.75) is 6.54 Å². The summed E-state index contributed by atoms with van der Waals surface area (Å²) < 4.78 is 0.970. The summed E-state index contributed by atoms with van der Waals surface area (Å²) in [6, 6.07) is 16.1. The van der Waals surface area contributed by atoms with Gasteiger partial charge >= 0.3 is 0 Å². The van der Waals surface area contributed by atoms with Crippen molar-refractivity contribution in [2.24, 2.45) is 0 Å². The number of amides is 1. The summed E-state index contributed by atoms with van der Waals surface area (Å²) in [5.41, 5.74) is 3.11. The van der Waals surface area contributed by atoms with Crippen LogP contribution in [-0.4, -0.2) is 44.0 Å². The number of hydrogen-bond acceptors (Lipinski definition) is 3. The molecule has 0 aliphatic carbocycles. The molecule has 0 bridgehead atoms. The summed E-state index contributed by atoms with van der Waals surface area (Å²) >= 11 is 2.19. The van der Waals surface area contributed by atoms with E-state index < -0.39 is 0 Å². The summed E-state index contributed by atoms with van der Waals surface area (Å²) in [5, 5.41) is 3.00. The second-order valence-corrected chi connectivity index (χ2v) is 7.28. The second-order valence-electron chi connectivity index (χ2n) is 6.12.